The number of carboxylic acid groups (broad SMARTS) is 2. The standard InChI is InChI=1S/C23H44N10O7/c1-12(2)11-13(24)18(36)31-14(5-3-9-29-22(25)26)19(37)32-15(6-4-10-30-23(27)28)20(38)33-16(21(39)40)7-8-17(34)35/h12-16H,3-11,24H2,1-2H3,(H,31,36)(H,32,37)(H,33,38)(H,34,35)(H,39,40)(H4,25,26,29)(H4,27,28,30). The first-order chi connectivity index (χ1) is 18.6. The maximum absolute atomic E-state index is 13.2. The van der Waals surface area contributed by atoms with Crippen LogP contribution in [0.15, 0.2) is 9.98 Å². The molecule has 0 spiro atoms. The number of amides is 3. The molecule has 228 valence electrons. The van der Waals surface area contributed by atoms with E-state index >= 15 is 0 Å². The van der Waals surface area contributed by atoms with Gasteiger partial charge in [-0.15, -0.1) is 0 Å². The maximum Gasteiger partial charge on any atom is 0.326 e. The molecule has 0 saturated carbocycles. The van der Waals surface area contributed by atoms with E-state index in [1.54, 1.807) is 0 Å². The summed E-state index contributed by atoms with van der Waals surface area (Å²) in [6, 6.07) is -4.76. The highest BCUT2D eigenvalue weighted by Crippen LogP contribution is 2.08. The van der Waals surface area contributed by atoms with Gasteiger partial charge in [0, 0.05) is 19.5 Å². The number of nitrogens with zero attached hydrogens (tertiary/aromatic N) is 2. The lowest BCUT2D eigenvalue weighted by atomic mass is 10.0. The van der Waals surface area contributed by atoms with E-state index in [2.05, 4.69) is 25.9 Å². The van der Waals surface area contributed by atoms with Gasteiger partial charge >= 0.3 is 11.9 Å². The van der Waals surface area contributed by atoms with Crippen molar-refractivity contribution in [2.45, 2.75) is 83.0 Å². The third kappa shape index (κ3) is 16.6. The van der Waals surface area contributed by atoms with Crippen molar-refractivity contribution < 1.29 is 34.2 Å². The summed E-state index contributed by atoms with van der Waals surface area (Å²) >= 11 is 0. The Hall–Kier alpha value is -4.15. The molecule has 17 heteroatoms. The summed E-state index contributed by atoms with van der Waals surface area (Å²) in [5.41, 5.74) is 27.2. The molecule has 0 radical (unpaired) electrons. The van der Waals surface area contributed by atoms with Crippen LogP contribution in [0, 0.1) is 5.92 Å². The van der Waals surface area contributed by atoms with Crippen LogP contribution in [-0.4, -0.2) is 89.0 Å². The van der Waals surface area contributed by atoms with Gasteiger partial charge in [-0.25, -0.2) is 4.79 Å². The number of nitrogens with two attached hydrogens (primary N) is 5. The first kappa shape index (κ1) is 35.9. The molecular weight excluding hydrogens is 528 g/mol. The van der Waals surface area contributed by atoms with E-state index in [1.807, 2.05) is 13.8 Å². The van der Waals surface area contributed by atoms with Crippen molar-refractivity contribution in [3.63, 3.8) is 0 Å². The molecule has 0 saturated heterocycles. The minimum Gasteiger partial charge on any atom is -0.481 e. The second-order valence-corrected chi connectivity index (χ2v) is 9.59. The van der Waals surface area contributed by atoms with Crippen LogP contribution < -0.4 is 44.6 Å². The van der Waals surface area contributed by atoms with Crippen LogP contribution in [0.5, 0.6) is 0 Å². The van der Waals surface area contributed by atoms with E-state index in [0.717, 1.165) is 0 Å². The zero-order valence-electron chi connectivity index (χ0n) is 23.0. The molecule has 0 bridgehead atoms. The van der Waals surface area contributed by atoms with Crippen molar-refractivity contribution in [1.82, 2.24) is 16.0 Å². The molecular formula is C23H44N10O7. The number of hydrogen-bond donors (Lipinski definition) is 10. The molecule has 0 aliphatic rings. The Morgan fingerprint density at radius 3 is 1.50 bits per heavy atom. The van der Waals surface area contributed by atoms with Crippen LogP contribution in [0.2, 0.25) is 0 Å². The van der Waals surface area contributed by atoms with Crippen molar-refractivity contribution in [2.24, 2.45) is 44.6 Å². The average Bonchev–Trinajstić information content (AvgIpc) is 2.83. The summed E-state index contributed by atoms with van der Waals surface area (Å²) in [5, 5.41) is 25.7. The Bertz CT molecular complexity index is 918. The summed E-state index contributed by atoms with van der Waals surface area (Å²) in [6.45, 7) is 4.07. The van der Waals surface area contributed by atoms with Gasteiger partial charge in [0.05, 0.1) is 6.04 Å². The lowest BCUT2D eigenvalue weighted by Gasteiger charge is -2.25. The Kier molecular flexibility index (Phi) is 17.0. The molecule has 4 atom stereocenters. The summed E-state index contributed by atoms with van der Waals surface area (Å²) in [5.74, 6) is -5.03. The number of guanidine groups is 2. The number of carbonyl (C=O) groups is 5. The molecule has 0 rings (SSSR count). The normalized spacial score (nSPS) is 13.7. The van der Waals surface area contributed by atoms with Crippen LogP contribution in [0.1, 0.15) is 58.8 Å². The first-order valence-electron chi connectivity index (χ1n) is 12.9. The summed E-state index contributed by atoms with van der Waals surface area (Å²) < 4.78 is 0. The van der Waals surface area contributed by atoms with Crippen LogP contribution >= 0.6 is 0 Å². The van der Waals surface area contributed by atoms with Crippen molar-refractivity contribution in [3.8, 4) is 0 Å². The van der Waals surface area contributed by atoms with Gasteiger partial charge in [-0.2, -0.15) is 0 Å². The zero-order chi connectivity index (χ0) is 30.8. The van der Waals surface area contributed by atoms with Crippen molar-refractivity contribution in [1.29, 1.82) is 0 Å². The van der Waals surface area contributed by atoms with Gasteiger partial charge in [0.1, 0.15) is 18.1 Å². The highest BCUT2D eigenvalue weighted by atomic mass is 16.4. The molecule has 4 unspecified atom stereocenters. The fourth-order valence-electron chi connectivity index (χ4n) is 3.51. The van der Waals surface area contributed by atoms with Crippen LogP contribution in [-0.2, 0) is 24.0 Å². The molecule has 0 aliphatic heterocycles. The smallest absolute Gasteiger partial charge is 0.326 e. The first-order valence-corrected chi connectivity index (χ1v) is 12.9. The highest BCUT2D eigenvalue weighted by molar-refractivity contribution is 5.94. The van der Waals surface area contributed by atoms with E-state index in [1.165, 1.54) is 0 Å². The van der Waals surface area contributed by atoms with Gasteiger partial charge in [-0.1, -0.05) is 13.8 Å². The Morgan fingerprint density at radius 1 is 0.700 bits per heavy atom. The van der Waals surface area contributed by atoms with Crippen molar-refractivity contribution in [2.75, 3.05) is 13.1 Å². The predicted molar refractivity (Wildman–Crippen MR) is 148 cm³/mol. The molecule has 17 nitrogen and oxygen atoms in total. The van der Waals surface area contributed by atoms with E-state index < -0.39 is 60.2 Å². The fourth-order valence-corrected chi connectivity index (χ4v) is 3.51. The van der Waals surface area contributed by atoms with Crippen molar-refractivity contribution in [3.05, 3.63) is 0 Å². The topological polar surface area (TPSA) is 317 Å². The zero-order valence-corrected chi connectivity index (χ0v) is 23.0. The predicted octanol–water partition coefficient (Wildman–Crippen LogP) is -3.13. The number of aliphatic imine (C=N–C) groups is 2. The second kappa shape index (κ2) is 19.0. The summed E-state index contributed by atoms with van der Waals surface area (Å²) in [4.78, 5) is 69.0. The molecule has 0 aliphatic carbocycles. The summed E-state index contributed by atoms with van der Waals surface area (Å²) in [7, 11) is 0. The number of aliphatic carboxylic acids is 2. The number of hydrogen-bond acceptors (Lipinski definition) is 8. The molecule has 15 N–H and O–H groups in total. The van der Waals surface area contributed by atoms with Gasteiger partial charge in [0.25, 0.3) is 0 Å². The molecule has 0 aromatic carbocycles. The number of carboxylic acids is 2. The average molecular weight is 573 g/mol. The van der Waals surface area contributed by atoms with E-state index in [-0.39, 0.29) is 56.6 Å². The largest absolute Gasteiger partial charge is 0.481 e. The fraction of sp³-hybridized carbons (Fsp3) is 0.696. The number of rotatable bonds is 20. The maximum atomic E-state index is 13.2. The lowest BCUT2D eigenvalue weighted by molar-refractivity contribution is -0.143. The minimum atomic E-state index is -1.51. The quantitative estimate of drug-likeness (QED) is 0.0393. The SMILES string of the molecule is CC(C)CC(N)C(=O)NC(CCCN=C(N)N)C(=O)NC(CCCN=C(N)N)C(=O)NC(CCC(=O)O)C(=O)O. The Morgan fingerprint density at radius 2 is 1.12 bits per heavy atom. The molecule has 3 amide bonds. The van der Waals surface area contributed by atoms with Gasteiger partial charge in [-0.05, 0) is 44.4 Å². The second-order valence-electron chi connectivity index (χ2n) is 9.59. The number of nitrogens with one attached hydrogen (secondary N) is 3. The van der Waals surface area contributed by atoms with Crippen LogP contribution in [0.4, 0.5) is 0 Å². The van der Waals surface area contributed by atoms with E-state index in [0.29, 0.717) is 12.8 Å². The van der Waals surface area contributed by atoms with Gasteiger partial charge in [-0.3, -0.25) is 29.2 Å². The third-order valence-corrected chi connectivity index (χ3v) is 5.48. The van der Waals surface area contributed by atoms with Crippen molar-refractivity contribution >= 4 is 41.6 Å². The van der Waals surface area contributed by atoms with E-state index in [4.69, 9.17) is 33.8 Å². The molecule has 0 heterocycles. The Labute approximate surface area is 232 Å². The highest BCUT2D eigenvalue weighted by Gasteiger charge is 2.30. The monoisotopic (exact) mass is 572 g/mol. The van der Waals surface area contributed by atoms with Gasteiger partial charge in [0.2, 0.25) is 17.7 Å². The molecule has 40 heavy (non-hydrogen) atoms. The van der Waals surface area contributed by atoms with E-state index in [9.17, 15) is 29.1 Å². The Balaban J connectivity index is 5.79. The van der Waals surface area contributed by atoms with Crippen LogP contribution in [0.25, 0.3) is 0 Å². The van der Waals surface area contributed by atoms with Crippen LogP contribution in [0.3, 0.4) is 0 Å². The summed E-state index contributed by atoms with van der Waals surface area (Å²) in [6.07, 6.45) is 0.123. The molecule has 0 aromatic rings. The lowest BCUT2D eigenvalue weighted by Crippen LogP contribution is -2.57. The minimum absolute atomic E-state index is 0.00114. The molecule has 0 fully saturated rings. The van der Waals surface area contributed by atoms with Gasteiger partial charge in [0.15, 0.2) is 11.9 Å². The third-order valence-electron chi connectivity index (χ3n) is 5.48. The number of carbonyl (C=O) groups excluding carboxylic acids is 3. The van der Waals surface area contributed by atoms with Gasteiger partial charge < -0.3 is 54.8 Å². The molecule has 0 aromatic heterocycles.